The monoisotopic (exact) mass is 296 g/mol. The number of ether oxygens (including phenoxy) is 1. The summed E-state index contributed by atoms with van der Waals surface area (Å²) < 4.78 is 5.35. The van der Waals surface area contributed by atoms with Crippen molar-refractivity contribution >= 4 is 12.0 Å². The summed E-state index contributed by atoms with van der Waals surface area (Å²) in [5, 5.41) is 11.7. The van der Waals surface area contributed by atoms with Crippen LogP contribution in [0.25, 0.3) is 0 Å². The maximum Gasteiger partial charge on any atom is 0.318 e. The number of H-pyrrole nitrogens is 1. The smallest absolute Gasteiger partial charge is 0.318 e. The van der Waals surface area contributed by atoms with Gasteiger partial charge < -0.3 is 25.0 Å². The second-order valence-corrected chi connectivity index (χ2v) is 4.92. The molecule has 0 radical (unpaired) electrons. The number of hydrogen-bond donors (Lipinski definition) is 3. The van der Waals surface area contributed by atoms with E-state index >= 15 is 0 Å². The van der Waals surface area contributed by atoms with Gasteiger partial charge in [0.05, 0.1) is 25.2 Å². The highest BCUT2D eigenvalue weighted by molar-refractivity contribution is 5.75. The van der Waals surface area contributed by atoms with Crippen LogP contribution in [0.2, 0.25) is 0 Å². The molecule has 1 fully saturated rings. The average molecular weight is 296 g/mol. The van der Waals surface area contributed by atoms with Crippen LogP contribution < -0.4 is 5.32 Å². The number of nitrogens with one attached hydrogen (secondary N) is 2. The number of aliphatic carboxylic acids is 1. The number of hydrogen-bond acceptors (Lipinski definition) is 4. The van der Waals surface area contributed by atoms with Crippen LogP contribution in [0.1, 0.15) is 31.6 Å². The second kappa shape index (κ2) is 7.07. The molecule has 0 saturated carbocycles. The van der Waals surface area contributed by atoms with Gasteiger partial charge in [-0.3, -0.25) is 4.79 Å². The summed E-state index contributed by atoms with van der Waals surface area (Å²) in [4.78, 5) is 31.7. The third kappa shape index (κ3) is 4.19. The first-order chi connectivity index (χ1) is 10.1. The van der Waals surface area contributed by atoms with Crippen molar-refractivity contribution in [2.45, 2.75) is 31.9 Å². The Morgan fingerprint density at radius 2 is 2.48 bits per heavy atom. The van der Waals surface area contributed by atoms with Gasteiger partial charge in [0, 0.05) is 25.5 Å². The predicted octanol–water partition coefficient (Wildman–Crippen LogP) is 0.746. The van der Waals surface area contributed by atoms with Gasteiger partial charge in [0.15, 0.2) is 0 Å². The third-order valence-corrected chi connectivity index (χ3v) is 3.38. The van der Waals surface area contributed by atoms with E-state index in [1.807, 2.05) is 6.92 Å². The number of carboxylic acids is 1. The van der Waals surface area contributed by atoms with Crippen LogP contribution >= 0.6 is 0 Å². The SMILES string of the molecule is CCC(NC(=O)N1CCOC(CC(=O)O)C1)c1ncc[nH]1. The Balaban J connectivity index is 1.91. The van der Waals surface area contributed by atoms with E-state index in [0.717, 1.165) is 0 Å². The molecular formula is C13H20N4O4. The van der Waals surface area contributed by atoms with Crippen molar-refractivity contribution in [2.24, 2.45) is 0 Å². The lowest BCUT2D eigenvalue weighted by molar-refractivity contribution is -0.141. The van der Waals surface area contributed by atoms with E-state index in [1.165, 1.54) is 0 Å². The van der Waals surface area contributed by atoms with Gasteiger partial charge in [-0.05, 0) is 6.42 Å². The van der Waals surface area contributed by atoms with E-state index < -0.39 is 12.1 Å². The quantitative estimate of drug-likeness (QED) is 0.743. The van der Waals surface area contributed by atoms with E-state index in [9.17, 15) is 9.59 Å². The van der Waals surface area contributed by atoms with Gasteiger partial charge in [-0.15, -0.1) is 0 Å². The Hall–Kier alpha value is -2.09. The molecule has 8 nitrogen and oxygen atoms in total. The topological polar surface area (TPSA) is 108 Å². The standard InChI is InChI=1S/C13H20N4O4/c1-2-10(12-14-3-4-15-12)16-13(20)17-5-6-21-9(8-17)7-11(18)19/h3-4,9-10H,2,5-8H2,1H3,(H,14,15)(H,16,20)(H,18,19). The molecule has 1 aromatic heterocycles. The minimum atomic E-state index is -0.927. The minimum Gasteiger partial charge on any atom is -0.481 e. The lowest BCUT2D eigenvalue weighted by atomic mass is 10.2. The number of urea groups is 1. The summed E-state index contributed by atoms with van der Waals surface area (Å²) in [5.74, 6) is -0.217. The number of aromatic nitrogens is 2. The molecule has 2 unspecified atom stereocenters. The summed E-state index contributed by atoms with van der Waals surface area (Å²) in [6.07, 6.45) is 3.51. The second-order valence-electron chi connectivity index (χ2n) is 4.92. The van der Waals surface area contributed by atoms with Crippen molar-refractivity contribution in [3.63, 3.8) is 0 Å². The molecular weight excluding hydrogens is 276 g/mol. The molecule has 2 atom stereocenters. The molecule has 0 spiro atoms. The van der Waals surface area contributed by atoms with Crippen molar-refractivity contribution in [1.29, 1.82) is 0 Å². The normalized spacial score (nSPS) is 20.0. The highest BCUT2D eigenvalue weighted by Gasteiger charge is 2.27. The molecule has 2 amide bonds. The molecule has 1 aliphatic heterocycles. The Bertz CT molecular complexity index is 477. The fourth-order valence-electron chi connectivity index (χ4n) is 2.29. The third-order valence-electron chi connectivity index (χ3n) is 3.38. The van der Waals surface area contributed by atoms with E-state index in [2.05, 4.69) is 15.3 Å². The number of amides is 2. The van der Waals surface area contributed by atoms with Gasteiger partial charge in [-0.2, -0.15) is 0 Å². The molecule has 1 aliphatic rings. The summed E-state index contributed by atoms with van der Waals surface area (Å²) >= 11 is 0. The van der Waals surface area contributed by atoms with Crippen molar-refractivity contribution in [1.82, 2.24) is 20.2 Å². The molecule has 116 valence electrons. The van der Waals surface area contributed by atoms with Gasteiger partial charge in [-0.25, -0.2) is 9.78 Å². The highest BCUT2D eigenvalue weighted by atomic mass is 16.5. The molecule has 0 bridgehead atoms. The Labute approximate surface area is 122 Å². The summed E-state index contributed by atoms with van der Waals surface area (Å²) in [7, 11) is 0. The van der Waals surface area contributed by atoms with Crippen molar-refractivity contribution in [3.05, 3.63) is 18.2 Å². The van der Waals surface area contributed by atoms with E-state index in [4.69, 9.17) is 9.84 Å². The minimum absolute atomic E-state index is 0.0980. The molecule has 0 aromatic carbocycles. The fraction of sp³-hybridized carbons (Fsp3) is 0.615. The largest absolute Gasteiger partial charge is 0.481 e. The zero-order valence-electron chi connectivity index (χ0n) is 11.9. The first kappa shape index (κ1) is 15.3. The van der Waals surface area contributed by atoms with Crippen molar-refractivity contribution in [3.8, 4) is 0 Å². The number of carboxylic acid groups (broad SMARTS) is 1. The van der Waals surface area contributed by atoms with Gasteiger partial charge in [0.1, 0.15) is 5.82 Å². The van der Waals surface area contributed by atoms with Gasteiger partial charge in [0.2, 0.25) is 0 Å². The first-order valence-corrected chi connectivity index (χ1v) is 6.98. The summed E-state index contributed by atoms with van der Waals surface area (Å²) in [6, 6.07) is -0.412. The fourth-order valence-corrected chi connectivity index (χ4v) is 2.29. The van der Waals surface area contributed by atoms with Crippen LogP contribution in [0.3, 0.4) is 0 Å². The van der Waals surface area contributed by atoms with Gasteiger partial charge >= 0.3 is 12.0 Å². The number of imidazole rings is 1. The molecule has 1 saturated heterocycles. The van der Waals surface area contributed by atoms with Crippen LogP contribution in [0.4, 0.5) is 4.79 Å². The van der Waals surface area contributed by atoms with Crippen LogP contribution in [0, 0.1) is 0 Å². The maximum absolute atomic E-state index is 12.3. The zero-order valence-corrected chi connectivity index (χ0v) is 11.9. The Morgan fingerprint density at radius 1 is 1.67 bits per heavy atom. The Morgan fingerprint density at radius 3 is 3.10 bits per heavy atom. The van der Waals surface area contributed by atoms with E-state index in [-0.39, 0.29) is 25.0 Å². The summed E-state index contributed by atoms with van der Waals surface area (Å²) in [6.45, 7) is 3.05. The molecule has 2 heterocycles. The molecule has 1 aromatic rings. The lowest BCUT2D eigenvalue weighted by Gasteiger charge is -2.33. The van der Waals surface area contributed by atoms with Crippen LogP contribution in [0.5, 0.6) is 0 Å². The van der Waals surface area contributed by atoms with E-state index in [1.54, 1.807) is 17.3 Å². The zero-order chi connectivity index (χ0) is 15.2. The number of nitrogens with zero attached hydrogens (tertiary/aromatic N) is 2. The van der Waals surface area contributed by atoms with Crippen molar-refractivity contribution < 1.29 is 19.4 Å². The summed E-state index contributed by atoms with van der Waals surface area (Å²) in [5.41, 5.74) is 0. The first-order valence-electron chi connectivity index (χ1n) is 6.98. The molecule has 8 heteroatoms. The number of rotatable bonds is 5. The number of aromatic amines is 1. The predicted molar refractivity (Wildman–Crippen MR) is 73.7 cm³/mol. The van der Waals surface area contributed by atoms with Crippen LogP contribution in [0.15, 0.2) is 12.4 Å². The van der Waals surface area contributed by atoms with Crippen LogP contribution in [-0.4, -0.2) is 57.8 Å². The number of carbonyl (C=O) groups is 2. The number of morpholine rings is 1. The lowest BCUT2D eigenvalue weighted by Crippen LogP contribution is -2.50. The molecule has 0 aliphatic carbocycles. The van der Waals surface area contributed by atoms with Crippen LogP contribution in [-0.2, 0) is 9.53 Å². The van der Waals surface area contributed by atoms with Gasteiger partial charge in [-0.1, -0.05) is 6.92 Å². The van der Waals surface area contributed by atoms with E-state index in [0.29, 0.717) is 25.4 Å². The Kier molecular flexibility index (Phi) is 5.15. The number of carbonyl (C=O) groups excluding carboxylic acids is 1. The average Bonchev–Trinajstić information content (AvgIpc) is 2.98. The van der Waals surface area contributed by atoms with Crippen molar-refractivity contribution in [2.75, 3.05) is 19.7 Å². The molecule has 2 rings (SSSR count). The molecule has 3 N–H and O–H groups in total. The maximum atomic E-state index is 12.3. The highest BCUT2D eigenvalue weighted by Crippen LogP contribution is 2.14. The van der Waals surface area contributed by atoms with Gasteiger partial charge in [0.25, 0.3) is 0 Å². The molecule has 21 heavy (non-hydrogen) atoms.